The van der Waals surface area contributed by atoms with Crippen molar-refractivity contribution in [3.8, 4) is 22.8 Å². The van der Waals surface area contributed by atoms with Crippen molar-refractivity contribution < 1.29 is 38.3 Å². The van der Waals surface area contributed by atoms with Crippen LogP contribution in [0, 0.1) is 0 Å². The fourth-order valence-electron chi connectivity index (χ4n) is 3.78. The normalized spacial score (nSPS) is 10.9. The van der Waals surface area contributed by atoms with Crippen LogP contribution in [0.15, 0.2) is 53.6 Å². The summed E-state index contributed by atoms with van der Waals surface area (Å²) < 4.78 is 32.4. The molecule has 0 aliphatic rings. The van der Waals surface area contributed by atoms with Crippen LogP contribution in [-0.2, 0) is 23.7 Å². The van der Waals surface area contributed by atoms with E-state index >= 15 is 0 Å². The minimum atomic E-state index is -0.206. The first-order valence-electron chi connectivity index (χ1n) is 13.6. The molecule has 0 spiro atoms. The molecule has 0 saturated heterocycles. The minimum absolute atomic E-state index is 0.0734. The van der Waals surface area contributed by atoms with Gasteiger partial charge in [0, 0.05) is 40.6 Å². The summed E-state index contributed by atoms with van der Waals surface area (Å²) in [6.45, 7) is 4.96. The van der Waals surface area contributed by atoms with Crippen molar-refractivity contribution in [2.45, 2.75) is 0 Å². The molecule has 13 nitrogen and oxygen atoms in total. The van der Waals surface area contributed by atoms with E-state index in [1.54, 1.807) is 49.6 Å². The largest absolute Gasteiger partial charge is 0.506 e. The number of benzene rings is 2. The second-order valence-electron chi connectivity index (χ2n) is 8.73. The topological polar surface area (TPSA) is 166 Å². The van der Waals surface area contributed by atoms with Crippen LogP contribution in [0.4, 0.5) is 0 Å². The second kappa shape index (κ2) is 19.2. The standard InChI is InChI=1S/C29H37N5O8/c1-37-27-21-25(33-28-24(27)3-2-4-26(28)35)22-5-7-23(8-6-22)29(36)31-9-11-38-13-15-40-17-19-42-20-18-41-16-14-39-12-10-32-34-30/h2-8,21,35H,9-20H2,1H3,(H,31,36). The summed E-state index contributed by atoms with van der Waals surface area (Å²) in [6.07, 6.45) is 0. The van der Waals surface area contributed by atoms with Gasteiger partial charge in [0.25, 0.3) is 5.91 Å². The molecule has 0 radical (unpaired) electrons. The minimum Gasteiger partial charge on any atom is -0.506 e. The Morgan fingerprint density at radius 1 is 0.881 bits per heavy atom. The van der Waals surface area contributed by atoms with Gasteiger partial charge in [-0.1, -0.05) is 23.3 Å². The van der Waals surface area contributed by atoms with Gasteiger partial charge < -0.3 is 38.8 Å². The number of azide groups is 1. The Morgan fingerprint density at radius 3 is 2.07 bits per heavy atom. The molecule has 0 aliphatic carbocycles. The number of aromatic hydroxyl groups is 1. The van der Waals surface area contributed by atoms with Crippen molar-refractivity contribution in [1.82, 2.24) is 10.3 Å². The predicted molar refractivity (Wildman–Crippen MR) is 156 cm³/mol. The number of ether oxygens (including phenoxy) is 6. The third-order valence-corrected chi connectivity index (χ3v) is 5.86. The van der Waals surface area contributed by atoms with E-state index in [2.05, 4.69) is 20.3 Å². The number of amides is 1. The van der Waals surface area contributed by atoms with Crippen LogP contribution in [0.5, 0.6) is 11.5 Å². The van der Waals surface area contributed by atoms with Crippen molar-refractivity contribution in [2.75, 3.05) is 86.3 Å². The number of nitrogens with one attached hydrogen (secondary N) is 1. The average molecular weight is 584 g/mol. The summed E-state index contributed by atoms with van der Waals surface area (Å²) in [7, 11) is 1.57. The lowest BCUT2D eigenvalue weighted by Crippen LogP contribution is -2.27. The molecule has 42 heavy (non-hydrogen) atoms. The molecule has 0 saturated carbocycles. The molecule has 1 heterocycles. The van der Waals surface area contributed by atoms with Crippen molar-refractivity contribution in [2.24, 2.45) is 5.11 Å². The number of phenolic OH excluding ortho intramolecular Hbond substituents is 1. The lowest BCUT2D eigenvalue weighted by atomic mass is 10.1. The zero-order chi connectivity index (χ0) is 29.8. The molecule has 1 amide bonds. The third kappa shape index (κ3) is 11.1. The van der Waals surface area contributed by atoms with Crippen LogP contribution >= 0.6 is 0 Å². The van der Waals surface area contributed by atoms with Gasteiger partial charge in [-0.25, -0.2) is 4.98 Å². The molecule has 1 aromatic heterocycles. The number of methoxy groups -OCH3 is 1. The number of pyridine rings is 1. The molecule has 0 fully saturated rings. The Kier molecular flexibility index (Phi) is 14.9. The van der Waals surface area contributed by atoms with Gasteiger partial charge in [-0.15, -0.1) is 0 Å². The predicted octanol–water partition coefficient (Wildman–Crippen LogP) is 3.74. The summed E-state index contributed by atoms with van der Waals surface area (Å²) >= 11 is 0. The maximum atomic E-state index is 12.5. The average Bonchev–Trinajstić information content (AvgIpc) is 3.02. The van der Waals surface area contributed by atoms with Crippen LogP contribution in [0.1, 0.15) is 10.4 Å². The smallest absolute Gasteiger partial charge is 0.251 e. The molecule has 3 aromatic rings. The number of para-hydroxylation sites is 1. The Morgan fingerprint density at radius 2 is 1.48 bits per heavy atom. The first-order valence-corrected chi connectivity index (χ1v) is 13.6. The molecular formula is C29H37N5O8. The van der Waals surface area contributed by atoms with Crippen LogP contribution < -0.4 is 10.1 Å². The Hall–Kier alpha value is -3.97. The van der Waals surface area contributed by atoms with Gasteiger partial charge in [-0.05, 0) is 29.8 Å². The highest BCUT2D eigenvalue weighted by molar-refractivity contribution is 5.95. The number of phenols is 1. The van der Waals surface area contributed by atoms with Crippen LogP contribution in [0.25, 0.3) is 32.6 Å². The van der Waals surface area contributed by atoms with E-state index in [0.717, 1.165) is 10.9 Å². The van der Waals surface area contributed by atoms with Crippen molar-refractivity contribution >= 4 is 16.8 Å². The monoisotopic (exact) mass is 583 g/mol. The number of hydrogen-bond acceptors (Lipinski definition) is 10. The molecule has 2 aromatic carbocycles. The highest BCUT2D eigenvalue weighted by Crippen LogP contribution is 2.33. The number of rotatable bonds is 21. The molecule has 0 aliphatic heterocycles. The Labute approximate surface area is 244 Å². The molecule has 2 N–H and O–H groups in total. The number of nitrogens with zero attached hydrogens (tertiary/aromatic N) is 4. The molecule has 0 unspecified atom stereocenters. The summed E-state index contributed by atoms with van der Waals surface area (Å²) in [5, 5.41) is 17.1. The van der Waals surface area contributed by atoms with Gasteiger partial charge in [0.1, 0.15) is 17.0 Å². The zero-order valence-electron chi connectivity index (χ0n) is 23.7. The van der Waals surface area contributed by atoms with E-state index in [-0.39, 0.29) is 11.7 Å². The van der Waals surface area contributed by atoms with E-state index in [0.29, 0.717) is 102 Å². The molecule has 226 valence electrons. The van der Waals surface area contributed by atoms with E-state index in [9.17, 15) is 9.90 Å². The molecule has 13 heteroatoms. The molecule has 3 rings (SSSR count). The van der Waals surface area contributed by atoms with E-state index < -0.39 is 0 Å². The van der Waals surface area contributed by atoms with Crippen LogP contribution in [-0.4, -0.2) is 102 Å². The maximum Gasteiger partial charge on any atom is 0.251 e. The Bertz CT molecular complexity index is 1290. The number of fused-ring (bicyclic) bond motifs is 1. The lowest BCUT2D eigenvalue weighted by Gasteiger charge is -2.10. The van der Waals surface area contributed by atoms with Crippen molar-refractivity contribution in [3.05, 3.63) is 64.5 Å². The van der Waals surface area contributed by atoms with E-state index in [4.69, 9.17) is 34.0 Å². The molecule has 0 atom stereocenters. The first kappa shape index (κ1) is 32.5. The fraction of sp³-hybridized carbons (Fsp3) is 0.448. The summed E-state index contributed by atoms with van der Waals surface area (Å²) in [6, 6.07) is 14.0. The molecular weight excluding hydrogens is 546 g/mol. The molecule has 0 bridgehead atoms. The van der Waals surface area contributed by atoms with Crippen molar-refractivity contribution in [3.63, 3.8) is 0 Å². The Balaban J connectivity index is 1.22. The van der Waals surface area contributed by atoms with E-state index in [1.807, 2.05) is 6.07 Å². The fourth-order valence-corrected chi connectivity index (χ4v) is 3.78. The summed E-state index contributed by atoms with van der Waals surface area (Å²) in [5.41, 5.74) is 10.5. The highest BCUT2D eigenvalue weighted by atomic mass is 16.6. The lowest BCUT2D eigenvalue weighted by molar-refractivity contribution is -0.0102. The van der Waals surface area contributed by atoms with Crippen molar-refractivity contribution in [1.29, 1.82) is 0 Å². The summed E-state index contributed by atoms with van der Waals surface area (Å²) in [4.78, 5) is 19.7. The van der Waals surface area contributed by atoms with Gasteiger partial charge in [0.15, 0.2) is 0 Å². The van der Waals surface area contributed by atoms with Gasteiger partial charge in [0.05, 0.1) is 78.9 Å². The van der Waals surface area contributed by atoms with Crippen LogP contribution in [0.2, 0.25) is 0 Å². The number of carbonyl (C=O) groups is 1. The van der Waals surface area contributed by atoms with Gasteiger partial charge in [0.2, 0.25) is 0 Å². The van der Waals surface area contributed by atoms with Gasteiger partial charge in [-0.2, -0.15) is 0 Å². The first-order chi connectivity index (χ1) is 20.6. The number of carbonyl (C=O) groups excluding carboxylic acids is 1. The zero-order valence-corrected chi connectivity index (χ0v) is 23.7. The summed E-state index contributed by atoms with van der Waals surface area (Å²) in [5.74, 6) is 0.471. The number of aromatic nitrogens is 1. The maximum absolute atomic E-state index is 12.5. The van der Waals surface area contributed by atoms with Crippen LogP contribution in [0.3, 0.4) is 0 Å². The third-order valence-electron chi connectivity index (χ3n) is 5.86. The quantitative estimate of drug-likeness (QED) is 0.0822. The van der Waals surface area contributed by atoms with Gasteiger partial charge in [-0.3, -0.25) is 4.79 Å². The highest BCUT2D eigenvalue weighted by Gasteiger charge is 2.12. The number of hydrogen-bond donors (Lipinski definition) is 2. The SMILES string of the molecule is COc1cc(-c2ccc(C(=O)NCCOCCOCCOCCOCCOCCN=[N+]=[N-])cc2)nc2c(O)cccc12. The van der Waals surface area contributed by atoms with E-state index in [1.165, 1.54) is 0 Å². The second-order valence-corrected chi connectivity index (χ2v) is 8.73. The van der Waals surface area contributed by atoms with Gasteiger partial charge >= 0.3 is 0 Å².